The maximum absolute atomic E-state index is 10.6. The molecule has 0 saturated heterocycles. The van der Waals surface area contributed by atoms with Crippen molar-refractivity contribution in [3.05, 3.63) is 12.2 Å². The maximum atomic E-state index is 10.6. The van der Waals surface area contributed by atoms with Crippen LogP contribution in [-0.2, 0) is 19.1 Å². The highest BCUT2D eigenvalue weighted by molar-refractivity contribution is 5.86. The molecule has 0 N–H and O–H groups in total. The second kappa shape index (κ2) is 10.8. The Balaban J connectivity index is 0. The van der Waals surface area contributed by atoms with E-state index < -0.39 is 0 Å². The molecule has 0 atom stereocenters. The van der Waals surface area contributed by atoms with E-state index in [0.29, 0.717) is 18.8 Å². The first-order chi connectivity index (χ1) is 6.95. The Kier molecular flexibility index (Phi) is 11.6. The van der Waals surface area contributed by atoms with Gasteiger partial charge in [0.15, 0.2) is 0 Å². The standard InChI is InChI=1S/C7H12O2.C4H8O2/c1-4-5-9-7(8)6(2)3;1-3-6-4(2)5/h2,4-5H2,1,3H3;3H2,1-2H3. The molecule has 4 heteroatoms. The first kappa shape index (κ1) is 16.1. The summed E-state index contributed by atoms with van der Waals surface area (Å²) in [6.45, 7) is 11.2. The van der Waals surface area contributed by atoms with E-state index in [2.05, 4.69) is 11.3 Å². The van der Waals surface area contributed by atoms with Crippen molar-refractivity contribution in [1.29, 1.82) is 0 Å². The second-order valence-electron chi connectivity index (χ2n) is 2.84. The van der Waals surface area contributed by atoms with Gasteiger partial charge in [-0.25, -0.2) is 4.79 Å². The Morgan fingerprint density at radius 1 is 1.13 bits per heavy atom. The van der Waals surface area contributed by atoms with Crippen LogP contribution >= 0.6 is 0 Å². The molecule has 88 valence electrons. The number of hydrogen-bond acceptors (Lipinski definition) is 4. The molecule has 0 heterocycles. The van der Waals surface area contributed by atoms with E-state index in [9.17, 15) is 9.59 Å². The summed E-state index contributed by atoms with van der Waals surface area (Å²) in [7, 11) is 0. The van der Waals surface area contributed by atoms with Crippen LogP contribution in [0.15, 0.2) is 12.2 Å². The molecule has 0 amide bonds. The van der Waals surface area contributed by atoms with Gasteiger partial charge >= 0.3 is 11.9 Å². The molecule has 0 saturated carbocycles. The van der Waals surface area contributed by atoms with Gasteiger partial charge in [0.1, 0.15) is 0 Å². The van der Waals surface area contributed by atoms with Gasteiger partial charge in [-0.05, 0) is 20.3 Å². The second-order valence-corrected chi connectivity index (χ2v) is 2.84. The van der Waals surface area contributed by atoms with Crippen LogP contribution in [0.25, 0.3) is 0 Å². The minimum Gasteiger partial charge on any atom is -0.466 e. The van der Waals surface area contributed by atoms with Crippen LogP contribution in [0.5, 0.6) is 0 Å². The number of esters is 2. The Morgan fingerprint density at radius 3 is 1.87 bits per heavy atom. The lowest BCUT2D eigenvalue weighted by molar-refractivity contribution is -0.140. The van der Waals surface area contributed by atoms with E-state index in [1.807, 2.05) is 6.92 Å². The van der Waals surface area contributed by atoms with Crippen molar-refractivity contribution in [3.63, 3.8) is 0 Å². The van der Waals surface area contributed by atoms with E-state index in [4.69, 9.17) is 4.74 Å². The van der Waals surface area contributed by atoms with Crippen molar-refractivity contribution in [2.45, 2.75) is 34.1 Å². The molecule has 0 aromatic carbocycles. The molecule has 0 radical (unpaired) electrons. The molecule has 0 bridgehead atoms. The van der Waals surface area contributed by atoms with Gasteiger partial charge in [0.2, 0.25) is 0 Å². The lowest BCUT2D eigenvalue weighted by Gasteiger charge is -1.99. The summed E-state index contributed by atoms with van der Waals surface area (Å²) in [5.74, 6) is -0.505. The topological polar surface area (TPSA) is 52.6 Å². The number of carbonyl (C=O) groups excluding carboxylic acids is 2. The zero-order chi connectivity index (χ0) is 12.3. The SMILES string of the molecule is C=C(C)C(=O)OCCC.CCOC(C)=O. The van der Waals surface area contributed by atoms with Crippen LogP contribution < -0.4 is 0 Å². The number of carbonyl (C=O) groups is 2. The van der Waals surface area contributed by atoms with Crippen LogP contribution in [0.1, 0.15) is 34.1 Å². The average molecular weight is 216 g/mol. The van der Waals surface area contributed by atoms with Crippen molar-refractivity contribution in [2.75, 3.05) is 13.2 Å². The summed E-state index contributed by atoms with van der Waals surface area (Å²) in [5.41, 5.74) is 0.462. The van der Waals surface area contributed by atoms with Gasteiger partial charge in [0, 0.05) is 12.5 Å². The van der Waals surface area contributed by atoms with Gasteiger partial charge in [-0.1, -0.05) is 13.5 Å². The molecular weight excluding hydrogens is 196 g/mol. The molecular formula is C11H20O4. The van der Waals surface area contributed by atoms with Crippen molar-refractivity contribution in [1.82, 2.24) is 0 Å². The van der Waals surface area contributed by atoms with Crippen molar-refractivity contribution in [2.24, 2.45) is 0 Å². The molecule has 0 spiro atoms. The van der Waals surface area contributed by atoms with Crippen LogP contribution in [0.3, 0.4) is 0 Å². The van der Waals surface area contributed by atoms with Gasteiger partial charge in [-0.2, -0.15) is 0 Å². The summed E-state index contributed by atoms with van der Waals surface area (Å²) in [6.07, 6.45) is 0.860. The Morgan fingerprint density at radius 2 is 1.67 bits per heavy atom. The van der Waals surface area contributed by atoms with E-state index >= 15 is 0 Å². The van der Waals surface area contributed by atoms with Crippen molar-refractivity contribution >= 4 is 11.9 Å². The Labute approximate surface area is 91.3 Å². The van der Waals surface area contributed by atoms with Crippen molar-refractivity contribution in [3.8, 4) is 0 Å². The van der Waals surface area contributed by atoms with E-state index in [1.165, 1.54) is 6.92 Å². The predicted octanol–water partition coefficient (Wildman–Crippen LogP) is 2.09. The Bertz CT molecular complexity index is 209. The quantitative estimate of drug-likeness (QED) is 0.533. The fourth-order valence-electron chi connectivity index (χ4n) is 0.521. The first-order valence-corrected chi connectivity index (χ1v) is 4.91. The summed E-state index contributed by atoms with van der Waals surface area (Å²) in [6, 6.07) is 0. The van der Waals surface area contributed by atoms with E-state index in [1.54, 1.807) is 13.8 Å². The van der Waals surface area contributed by atoms with Crippen LogP contribution in [0.2, 0.25) is 0 Å². The monoisotopic (exact) mass is 216 g/mol. The maximum Gasteiger partial charge on any atom is 0.333 e. The smallest absolute Gasteiger partial charge is 0.333 e. The van der Waals surface area contributed by atoms with Crippen LogP contribution in [0.4, 0.5) is 0 Å². The zero-order valence-electron chi connectivity index (χ0n) is 9.96. The van der Waals surface area contributed by atoms with E-state index in [-0.39, 0.29) is 11.9 Å². The summed E-state index contributed by atoms with van der Waals surface area (Å²) in [4.78, 5) is 20.4. The van der Waals surface area contributed by atoms with Crippen LogP contribution in [-0.4, -0.2) is 25.2 Å². The summed E-state index contributed by atoms with van der Waals surface area (Å²) < 4.78 is 9.12. The molecule has 0 fully saturated rings. The minimum atomic E-state index is -0.295. The van der Waals surface area contributed by atoms with E-state index in [0.717, 1.165) is 6.42 Å². The number of rotatable bonds is 4. The fourth-order valence-corrected chi connectivity index (χ4v) is 0.521. The van der Waals surface area contributed by atoms with Gasteiger partial charge in [-0.3, -0.25) is 4.79 Å². The minimum absolute atomic E-state index is 0.211. The molecule has 0 aliphatic rings. The zero-order valence-corrected chi connectivity index (χ0v) is 9.96. The van der Waals surface area contributed by atoms with Gasteiger partial charge in [0.25, 0.3) is 0 Å². The summed E-state index contributed by atoms with van der Waals surface area (Å²) >= 11 is 0. The molecule has 0 aliphatic heterocycles. The molecule has 0 aliphatic carbocycles. The number of hydrogen-bond donors (Lipinski definition) is 0. The van der Waals surface area contributed by atoms with Gasteiger partial charge < -0.3 is 9.47 Å². The van der Waals surface area contributed by atoms with Gasteiger partial charge in [-0.15, -0.1) is 0 Å². The van der Waals surface area contributed by atoms with Gasteiger partial charge in [0.05, 0.1) is 13.2 Å². The largest absolute Gasteiger partial charge is 0.466 e. The lowest BCUT2D eigenvalue weighted by atomic mass is 10.4. The molecule has 4 nitrogen and oxygen atoms in total. The molecule has 0 aromatic rings. The van der Waals surface area contributed by atoms with Crippen LogP contribution in [0, 0.1) is 0 Å². The average Bonchev–Trinajstić information content (AvgIpc) is 2.14. The highest BCUT2D eigenvalue weighted by Crippen LogP contribution is 1.91. The predicted molar refractivity (Wildman–Crippen MR) is 58.4 cm³/mol. The molecule has 0 rings (SSSR count). The fraction of sp³-hybridized carbons (Fsp3) is 0.636. The third-order valence-corrected chi connectivity index (χ3v) is 1.13. The highest BCUT2D eigenvalue weighted by atomic mass is 16.5. The Hall–Kier alpha value is -1.32. The van der Waals surface area contributed by atoms with Crippen molar-refractivity contribution < 1.29 is 19.1 Å². The number of ether oxygens (including phenoxy) is 2. The summed E-state index contributed by atoms with van der Waals surface area (Å²) in [5, 5.41) is 0. The molecule has 0 aromatic heterocycles. The first-order valence-electron chi connectivity index (χ1n) is 4.91. The third-order valence-electron chi connectivity index (χ3n) is 1.13. The molecule has 0 unspecified atom stereocenters. The molecule has 15 heavy (non-hydrogen) atoms. The lowest BCUT2D eigenvalue weighted by Crippen LogP contribution is -2.04. The third kappa shape index (κ3) is 15.4. The normalized spacial score (nSPS) is 8.27. The highest BCUT2D eigenvalue weighted by Gasteiger charge is 1.99.